The van der Waals surface area contributed by atoms with Crippen molar-refractivity contribution in [2.75, 3.05) is 46.4 Å². The molecule has 1 aromatic heterocycles. The Morgan fingerprint density at radius 3 is 2.74 bits per heavy atom. The molecular weight excluding hydrogens is 436 g/mol. The predicted octanol–water partition coefficient (Wildman–Crippen LogP) is 1.05. The van der Waals surface area contributed by atoms with E-state index in [-0.39, 0.29) is 29.7 Å². The predicted molar refractivity (Wildman–Crippen MR) is 127 cm³/mol. The van der Waals surface area contributed by atoms with Crippen molar-refractivity contribution in [3.8, 4) is 11.5 Å². The van der Waals surface area contributed by atoms with Gasteiger partial charge in [0.25, 0.3) is 11.5 Å². The molecule has 1 saturated heterocycles. The fourth-order valence-corrected chi connectivity index (χ4v) is 4.48. The number of ether oxygens (including phenoxy) is 2. The fourth-order valence-electron chi connectivity index (χ4n) is 4.48. The van der Waals surface area contributed by atoms with E-state index in [9.17, 15) is 14.4 Å². The molecule has 0 radical (unpaired) electrons. The number of carbonyl (C=O) groups excluding carboxylic acids is 2. The van der Waals surface area contributed by atoms with Gasteiger partial charge in [0.05, 0.1) is 13.7 Å². The summed E-state index contributed by atoms with van der Waals surface area (Å²) in [6.07, 6.45) is 2.22. The van der Waals surface area contributed by atoms with Gasteiger partial charge in [-0.3, -0.25) is 19.3 Å². The first-order valence-corrected chi connectivity index (χ1v) is 11.4. The highest BCUT2D eigenvalue weighted by molar-refractivity contribution is 6.00. The number of carbonyl (C=O) groups is 2. The van der Waals surface area contributed by atoms with E-state index in [2.05, 4.69) is 16.8 Å². The van der Waals surface area contributed by atoms with Gasteiger partial charge in [-0.1, -0.05) is 30.9 Å². The lowest BCUT2D eigenvalue weighted by molar-refractivity contribution is -0.123. The van der Waals surface area contributed by atoms with Gasteiger partial charge >= 0.3 is 0 Å². The summed E-state index contributed by atoms with van der Waals surface area (Å²) in [6.45, 7) is 7.36. The van der Waals surface area contributed by atoms with Gasteiger partial charge in [0.2, 0.25) is 5.91 Å². The molecule has 0 atom stereocenters. The Hall–Kier alpha value is -3.59. The van der Waals surface area contributed by atoms with E-state index in [0.29, 0.717) is 63.6 Å². The van der Waals surface area contributed by atoms with Gasteiger partial charge in [-0.05, 0) is 6.07 Å². The average Bonchev–Trinajstić information content (AvgIpc) is 3.06. The first-order valence-electron chi connectivity index (χ1n) is 11.4. The zero-order chi connectivity index (χ0) is 24.1. The van der Waals surface area contributed by atoms with E-state index in [4.69, 9.17) is 9.47 Å². The number of nitrogens with zero attached hydrogens (tertiary/aromatic N) is 3. The first-order chi connectivity index (χ1) is 16.5. The average molecular weight is 467 g/mol. The van der Waals surface area contributed by atoms with Crippen molar-refractivity contribution in [3.63, 3.8) is 0 Å². The Morgan fingerprint density at radius 2 is 1.97 bits per heavy atom. The quantitative estimate of drug-likeness (QED) is 0.614. The van der Waals surface area contributed by atoms with Crippen LogP contribution in [0.4, 0.5) is 0 Å². The maximum Gasteiger partial charge on any atom is 0.259 e. The molecule has 4 rings (SSSR count). The van der Waals surface area contributed by atoms with Crippen molar-refractivity contribution >= 4 is 11.8 Å². The van der Waals surface area contributed by atoms with Crippen molar-refractivity contribution < 1.29 is 19.1 Å². The Bertz CT molecular complexity index is 1140. The van der Waals surface area contributed by atoms with Gasteiger partial charge in [0, 0.05) is 63.0 Å². The molecule has 34 heavy (non-hydrogen) atoms. The summed E-state index contributed by atoms with van der Waals surface area (Å²) < 4.78 is 12.9. The molecule has 2 aliphatic rings. The molecular formula is C25H30N4O5. The lowest BCUT2D eigenvalue weighted by Gasteiger charge is -2.28. The largest absolute Gasteiger partial charge is 0.496 e. The van der Waals surface area contributed by atoms with Crippen LogP contribution in [0.2, 0.25) is 0 Å². The second-order valence-corrected chi connectivity index (χ2v) is 8.33. The highest BCUT2D eigenvalue weighted by Gasteiger charge is 2.30. The van der Waals surface area contributed by atoms with E-state index in [1.807, 2.05) is 24.3 Å². The Balaban J connectivity index is 1.60. The molecule has 0 bridgehead atoms. The third-order valence-electron chi connectivity index (χ3n) is 6.17. The molecule has 1 N–H and O–H groups in total. The number of nitrogens with one attached hydrogen (secondary N) is 1. The maximum atomic E-state index is 13.5. The summed E-state index contributed by atoms with van der Waals surface area (Å²) in [5.74, 6) is 0.583. The summed E-state index contributed by atoms with van der Waals surface area (Å²) in [4.78, 5) is 42.0. The van der Waals surface area contributed by atoms with Crippen LogP contribution in [0.1, 0.15) is 21.6 Å². The summed E-state index contributed by atoms with van der Waals surface area (Å²) >= 11 is 0. The zero-order valence-electron chi connectivity index (χ0n) is 19.4. The highest BCUT2D eigenvalue weighted by Crippen LogP contribution is 2.26. The van der Waals surface area contributed by atoms with Crippen LogP contribution in [0.15, 0.2) is 47.8 Å². The number of fused-ring (bicyclic) bond motifs is 1. The molecule has 1 fully saturated rings. The third kappa shape index (κ3) is 4.99. The molecule has 0 unspecified atom stereocenters. The Labute approximate surface area is 198 Å². The summed E-state index contributed by atoms with van der Waals surface area (Å²) in [5, 5.41) is 2.73. The van der Waals surface area contributed by atoms with Crippen LogP contribution in [0.25, 0.3) is 0 Å². The summed E-state index contributed by atoms with van der Waals surface area (Å²) in [7, 11) is 1.45. The number of hydrogen-bond acceptors (Lipinski definition) is 6. The first kappa shape index (κ1) is 23.6. The van der Waals surface area contributed by atoms with Gasteiger partial charge in [-0.25, -0.2) is 0 Å². The lowest BCUT2D eigenvalue weighted by Crippen LogP contribution is -2.50. The van der Waals surface area contributed by atoms with Crippen molar-refractivity contribution in [2.24, 2.45) is 0 Å². The molecule has 180 valence electrons. The minimum Gasteiger partial charge on any atom is -0.496 e. The lowest BCUT2D eigenvalue weighted by atomic mass is 10.1. The normalized spacial score (nSPS) is 16.3. The number of amides is 2. The van der Waals surface area contributed by atoms with Crippen LogP contribution in [0, 0.1) is 0 Å². The van der Waals surface area contributed by atoms with Crippen molar-refractivity contribution in [2.45, 2.75) is 19.5 Å². The monoisotopic (exact) mass is 466 g/mol. The highest BCUT2D eigenvalue weighted by atomic mass is 16.5. The minimum absolute atomic E-state index is 0.00578. The van der Waals surface area contributed by atoms with Crippen molar-refractivity contribution in [3.05, 3.63) is 70.2 Å². The number of para-hydroxylation sites is 1. The molecule has 2 amide bonds. The zero-order valence-corrected chi connectivity index (χ0v) is 19.4. The van der Waals surface area contributed by atoms with E-state index in [0.717, 1.165) is 11.3 Å². The third-order valence-corrected chi connectivity index (χ3v) is 6.17. The Kier molecular flexibility index (Phi) is 7.32. The van der Waals surface area contributed by atoms with Crippen LogP contribution >= 0.6 is 0 Å². The second-order valence-electron chi connectivity index (χ2n) is 8.33. The van der Waals surface area contributed by atoms with E-state index >= 15 is 0 Å². The molecule has 9 nitrogen and oxygen atoms in total. The molecule has 0 spiro atoms. The second kappa shape index (κ2) is 10.6. The van der Waals surface area contributed by atoms with Crippen molar-refractivity contribution in [1.82, 2.24) is 19.7 Å². The van der Waals surface area contributed by atoms with Gasteiger partial charge in [0.1, 0.15) is 23.7 Å². The van der Waals surface area contributed by atoms with Crippen molar-refractivity contribution in [1.29, 1.82) is 0 Å². The van der Waals surface area contributed by atoms with Crippen LogP contribution in [0.5, 0.6) is 11.5 Å². The molecule has 0 saturated carbocycles. The number of pyridine rings is 1. The fraction of sp³-hybridized carbons (Fsp3) is 0.400. The summed E-state index contributed by atoms with van der Waals surface area (Å²) in [6, 6.07) is 9.25. The minimum atomic E-state index is -0.285. The van der Waals surface area contributed by atoms with Gasteiger partial charge in [-0.2, -0.15) is 0 Å². The van der Waals surface area contributed by atoms with Gasteiger partial charge in [0.15, 0.2) is 0 Å². The number of benzene rings is 1. The standard InChI is InChI=1S/C25H30N4O5/c1-3-14-34-20-7-5-4-6-18(20)16-27-10-8-19-24(25(32)28-11-9-26-22(30)17-28)21(33-2)15-23(31)29(19)13-12-27/h3-7,15H,1,8-14,16-17H2,2H3,(H,26,30). The molecule has 2 aliphatic heterocycles. The van der Waals surface area contributed by atoms with Gasteiger partial charge in [-0.15, -0.1) is 0 Å². The van der Waals surface area contributed by atoms with Crippen LogP contribution in [-0.4, -0.2) is 72.6 Å². The van der Waals surface area contributed by atoms with Crippen LogP contribution in [0.3, 0.4) is 0 Å². The molecule has 1 aromatic carbocycles. The smallest absolute Gasteiger partial charge is 0.259 e. The van der Waals surface area contributed by atoms with Gasteiger partial charge < -0.3 is 24.3 Å². The van der Waals surface area contributed by atoms with E-state index in [1.54, 1.807) is 10.6 Å². The number of hydrogen-bond donors (Lipinski definition) is 1. The van der Waals surface area contributed by atoms with E-state index < -0.39 is 0 Å². The maximum absolute atomic E-state index is 13.5. The number of aromatic nitrogens is 1. The van der Waals surface area contributed by atoms with Crippen LogP contribution < -0.4 is 20.3 Å². The molecule has 0 aliphatic carbocycles. The van der Waals surface area contributed by atoms with E-state index in [1.165, 1.54) is 18.1 Å². The number of piperazine rings is 1. The molecule has 2 aromatic rings. The molecule has 3 heterocycles. The number of rotatable bonds is 7. The molecule has 9 heteroatoms. The summed E-state index contributed by atoms with van der Waals surface area (Å²) in [5.41, 5.74) is 1.87. The SMILES string of the molecule is C=CCOc1ccccc1CN1CCc2c(C(=O)N3CCNC(=O)C3)c(OC)cc(=O)n2CC1. The Morgan fingerprint density at radius 1 is 1.15 bits per heavy atom. The van der Waals surface area contributed by atoms with Crippen LogP contribution in [-0.2, 0) is 24.3 Å². The number of methoxy groups -OCH3 is 1. The topological polar surface area (TPSA) is 93.1 Å².